The van der Waals surface area contributed by atoms with E-state index in [0.29, 0.717) is 31.8 Å². The van der Waals surface area contributed by atoms with E-state index in [4.69, 9.17) is 0 Å². The van der Waals surface area contributed by atoms with Crippen molar-refractivity contribution in [2.75, 3.05) is 31.9 Å². The zero-order chi connectivity index (χ0) is 17.7. The van der Waals surface area contributed by atoms with Gasteiger partial charge in [-0.15, -0.1) is 0 Å². The number of amides is 1. The quantitative estimate of drug-likeness (QED) is 0.747. The van der Waals surface area contributed by atoms with Crippen molar-refractivity contribution in [1.29, 1.82) is 0 Å². The lowest BCUT2D eigenvalue weighted by Crippen LogP contribution is -2.45. The first-order valence-corrected chi connectivity index (χ1v) is 11.9. The molecule has 0 radical (unpaired) electrons. The third kappa shape index (κ3) is 5.19. The summed E-state index contributed by atoms with van der Waals surface area (Å²) in [5, 5.41) is 0. The summed E-state index contributed by atoms with van der Waals surface area (Å²) in [7, 11) is -3.20. The molecule has 6 heteroatoms. The minimum Gasteiger partial charge on any atom is -0.343 e. The molecule has 1 aliphatic carbocycles. The molecule has 2 aliphatic heterocycles. The average Bonchev–Trinajstić information content (AvgIpc) is 2.90. The molecule has 0 aromatic carbocycles. The standard InChI is InChI=1S/C19H34N2O3S/c22-19(20-12-5-1-2-6-13-20)10-7-15-25(23,24)21-14-11-17-8-3-4-9-18(17)16-21/h17-18H,1-16H2. The number of sulfonamides is 1. The van der Waals surface area contributed by atoms with Crippen molar-refractivity contribution in [3.05, 3.63) is 0 Å². The number of carbonyl (C=O) groups excluding carboxylic acids is 1. The van der Waals surface area contributed by atoms with Crippen molar-refractivity contribution in [2.45, 2.75) is 70.6 Å². The molecular weight excluding hydrogens is 336 g/mol. The Bertz CT molecular complexity index is 541. The maximum Gasteiger partial charge on any atom is 0.222 e. The monoisotopic (exact) mass is 370 g/mol. The number of piperidine rings is 1. The second kappa shape index (κ2) is 8.85. The molecule has 0 spiro atoms. The number of nitrogens with zero attached hydrogens (tertiary/aromatic N) is 2. The Balaban J connectivity index is 1.44. The van der Waals surface area contributed by atoms with Crippen LogP contribution in [0.1, 0.15) is 70.6 Å². The topological polar surface area (TPSA) is 57.7 Å². The number of hydrogen-bond acceptors (Lipinski definition) is 3. The summed E-state index contributed by atoms with van der Waals surface area (Å²) in [6.07, 6.45) is 11.5. The molecule has 3 rings (SSSR count). The molecule has 0 aromatic heterocycles. The molecule has 2 heterocycles. The van der Waals surface area contributed by atoms with Gasteiger partial charge in [0, 0.05) is 32.6 Å². The highest BCUT2D eigenvalue weighted by molar-refractivity contribution is 7.89. The Kier molecular flexibility index (Phi) is 6.78. The highest BCUT2D eigenvalue weighted by Crippen LogP contribution is 2.36. The third-order valence-corrected chi connectivity index (χ3v) is 8.32. The maximum atomic E-state index is 12.7. The molecule has 0 bridgehead atoms. The second-order valence-corrected chi connectivity index (χ2v) is 10.3. The summed E-state index contributed by atoms with van der Waals surface area (Å²) >= 11 is 0. The van der Waals surface area contributed by atoms with E-state index in [1.807, 2.05) is 4.90 Å². The van der Waals surface area contributed by atoms with Crippen molar-refractivity contribution in [1.82, 2.24) is 9.21 Å². The first-order chi connectivity index (χ1) is 12.1. The fraction of sp³-hybridized carbons (Fsp3) is 0.947. The van der Waals surface area contributed by atoms with Gasteiger partial charge in [-0.2, -0.15) is 0 Å². The molecule has 1 saturated carbocycles. The van der Waals surface area contributed by atoms with Crippen LogP contribution in [0.25, 0.3) is 0 Å². The van der Waals surface area contributed by atoms with Crippen molar-refractivity contribution in [3.8, 4) is 0 Å². The molecule has 5 nitrogen and oxygen atoms in total. The number of fused-ring (bicyclic) bond motifs is 1. The van der Waals surface area contributed by atoms with E-state index >= 15 is 0 Å². The van der Waals surface area contributed by atoms with E-state index in [-0.39, 0.29) is 11.7 Å². The van der Waals surface area contributed by atoms with Gasteiger partial charge in [0.1, 0.15) is 0 Å². The number of rotatable bonds is 5. The molecule has 25 heavy (non-hydrogen) atoms. The summed E-state index contributed by atoms with van der Waals surface area (Å²) in [4.78, 5) is 14.3. The van der Waals surface area contributed by atoms with E-state index in [0.717, 1.165) is 38.3 Å². The predicted octanol–water partition coefficient (Wildman–Crippen LogP) is 3.01. The lowest BCUT2D eigenvalue weighted by molar-refractivity contribution is -0.131. The van der Waals surface area contributed by atoms with Crippen LogP contribution in [0.15, 0.2) is 0 Å². The molecule has 144 valence electrons. The normalized spacial score (nSPS) is 29.0. The maximum absolute atomic E-state index is 12.7. The van der Waals surface area contributed by atoms with Gasteiger partial charge in [-0.3, -0.25) is 4.79 Å². The average molecular weight is 371 g/mol. The van der Waals surface area contributed by atoms with Crippen molar-refractivity contribution in [3.63, 3.8) is 0 Å². The molecule has 3 aliphatic rings. The Hall–Kier alpha value is -0.620. The lowest BCUT2D eigenvalue weighted by Gasteiger charge is -2.40. The van der Waals surface area contributed by atoms with E-state index in [2.05, 4.69) is 0 Å². The summed E-state index contributed by atoms with van der Waals surface area (Å²) in [5.41, 5.74) is 0. The minimum absolute atomic E-state index is 0.129. The SMILES string of the molecule is O=C(CCCS(=O)(=O)N1CCC2CCCCC2C1)N1CCCCCC1. The van der Waals surface area contributed by atoms with Gasteiger partial charge in [0.25, 0.3) is 0 Å². The Morgan fingerprint density at radius 1 is 0.840 bits per heavy atom. The van der Waals surface area contributed by atoms with Gasteiger partial charge < -0.3 is 4.90 Å². The van der Waals surface area contributed by atoms with Crippen LogP contribution in [-0.2, 0) is 14.8 Å². The van der Waals surface area contributed by atoms with Crippen LogP contribution in [0.5, 0.6) is 0 Å². The third-order valence-electron chi connectivity index (χ3n) is 6.40. The fourth-order valence-corrected chi connectivity index (χ4v) is 6.40. The minimum atomic E-state index is -3.20. The van der Waals surface area contributed by atoms with Crippen LogP contribution < -0.4 is 0 Å². The Labute approximate surface area is 153 Å². The lowest BCUT2D eigenvalue weighted by atomic mass is 9.76. The van der Waals surface area contributed by atoms with Crippen LogP contribution in [0.2, 0.25) is 0 Å². The molecule has 0 N–H and O–H groups in total. The molecule has 1 amide bonds. The zero-order valence-corrected chi connectivity index (χ0v) is 16.3. The molecule has 0 aromatic rings. The smallest absolute Gasteiger partial charge is 0.222 e. The van der Waals surface area contributed by atoms with Crippen LogP contribution in [-0.4, -0.2) is 55.5 Å². The first-order valence-electron chi connectivity index (χ1n) is 10.3. The Morgan fingerprint density at radius 2 is 1.52 bits per heavy atom. The molecular formula is C19H34N2O3S. The highest BCUT2D eigenvalue weighted by atomic mass is 32.2. The largest absolute Gasteiger partial charge is 0.343 e. The van der Waals surface area contributed by atoms with Gasteiger partial charge in [0.2, 0.25) is 15.9 Å². The fourth-order valence-electron chi connectivity index (χ4n) is 4.83. The van der Waals surface area contributed by atoms with Gasteiger partial charge in [-0.05, 0) is 43.9 Å². The number of likely N-dealkylation sites (tertiary alicyclic amines) is 1. The van der Waals surface area contributed by atoms with Crippen LogP contribution in [0.3, 0.4) is 0 Å². The van der Waals surface area contributed by atoms with Gasteiger partial charge in [-0.25, -0.2) is 12.7 Å². The summed E-state index contributed by atoms with van der Waals surface area (Å²) in [6.45, 7) is 3.10. The number of hydrogen-bond donors (Lipinski definition) is 0. The second-order valence-electron chi connectivity index (χ2n) is 8.17. The highest BCUT2D eigenvalue weighted by Gasteiger charge is 2.35. The zero-order valence-electron chi connectivity index (χ0n) is 15.5. The summed E-state index contributed by atoms with van der Waals surface area (Å²) in [6, 6.07) is 0. The molecule has 2 atom stereocenters. The van der Waals surface area contributed by atoms with E-state index in [1.165, 1.54) is 38.5 Å². The van der Waals surface area contributed by atoms with Crippen molar-refractivity contribution in [2.24, 2.45) is 11.8 Å². The van der Waals surface area contributed by atoms with Crippen LogP contribution >= 0.6 is 0 Å². The summed E-state index contributed by atoms with van der Waals surface area (Å²) in [5.74, 6) is 1.58. The van der Waals surface area contributed by atoms with Crippen molar-refractivity contribution < 1.29 is 13.2 Å². The van der Waals surface area contributed by atoms with Gasteiger partial charge >= 0.3 is 0 Å². The van der Waals surface area contributed by atoms with Gasteiger partial charge in [0.15, 0.2) is 0 Å². The van der Waals surface area contributed by atoms with Gasteiger partial charge in [-0.1, -0.05) is 32.1 Å². The van der Waals surface area contributed by atoms with E-state index in [9.17, 15) is 13.2 Å². The van der Waals surface area contributed by atoms with E-state index < -0.39 is 10.0 Å². The van der Waals surface area contributed by atoms with E-state index in [1.54, 1.807) is 4.31 Å². The van der Waals surface area contributed by atoms with Crippen LogP contribution in [0.4, 0.5) is 0 Å². The molecule has 2 saturated heterocycles. The predicted molar refractivity (Wildman–Crippen MR) is 99.7 cm³/mol. The van der Waals surface area contributed by atoms with Crippen LogP contribution in [0, 0.1) is 11.8 Å². The van der Waals surface area contributed by atoms with Gasteiger partial charge in [0.05, 0.1) is 5.75 Å². The Morgan fingerprint density at radius 3 is 2.24 bits per heavy atom. The van der Waals surface area contributed by atoms with Crippen molar-refractivity contribution >= 4 is 15.9 Å². The molecule has 2 unspecified atom stereocenters. The molecule has 3 fully saturated rings. The number of carbonyl (C=O) groups is 1. The first kappa shape index (κ1) is 19.2. The summed E-state index contributed by atoms with van der Waals surface area (Å²) < 4.78 is 27.1.